The maximum absolute atomic E-state index is 13.3. The van der Waals surface area contributed by atoms with E-state index in [9.17, 15) is 14.4 Å². The molecule has 3 aromatic rings. The SMILES string of the molecule is CC(C)OC(=O)Nc1nc2nccc(C(=Nc3ccc(F)c(Cl)c3)NO)c2[nH]1. The number of aliphatic imine (C=N–C) groups is 1. The van der Waals surface area contributed by atoms with Crippen LogP contribution in [-0.4, -0.2) is 38.2 Å². The highest BCUT2D eigenvalue weighted by Gasteiger charge is 2.15. The van der Waals surface area contributed by atoms with Crippen LogP contribution in [0.25, 0.3) is 11.2 Å². The number of aromatic amines is 1. The van der Waals surface area contributed by atoms with Crippen LogP contribution < -0.4 is 10.8 Å². The molecule has 146 valence electrons. The van der Waals surface area contributed by atoms with Crippen molar-refractivity contribution in [1.29, 1.82) is 0 Å². The zero-order valence-electron chi connectivity index (χ0n) is 14.8. The molecule has 0 saturated carbocycles. The van der Waals surface area contributed by atoms with Gasteiger partial charge in [-0.25, -0.2) is 19.2 Å². The number of anilines is 1. The van der Waals surface area contributed by atoms with Crippen molar-refractivity contribution in [3.05, 3.63) is 46.9 Å². The number of imidazole rings is 1. The predicted molar refractivity (Wildman–Crippen MR) is 102 cm³/mol. The summed E-state index contributed by atoms with van der Waals surface area (Å²) in [6.45, 7) is 3.44. The van der Waals surface area contributed by atoms with Gasteiger partial charge in [0.2, 0.25) is 5.95 Å². The smallest absolute Gasteiger partial charge is 0.414 e. The van der Waals surface area contributed by atoms with Crippen LogP contribution in [0.1, 0.15) is 19.4 Å². The summed E-state index contributed by atoms with van der Waals surface area (Å²) in [6.07, 6.45) is 0.489. The number of rotatable bonds is 4. The summed E-state index contributed by atoms with van der Waals surface area (Å²) in [5, 5.41) is 11.9. The fourth-order valence-electron chi connectivity index (χ4n) is 2.34. The number of amidine groups is 1. The summed E-state index contributed by atoms with van der Waals surface area (Å²) in [6, 6.07) is 5.45. The van der Waals surface area contributed by atoms with Crippen molar-refractivity contribution in [3.8, 4) is 0 Å². The molecular weight excluding hydrogens is 391 g/mol. The largest absolute Gasteiger partial charge is 0.447 e. The van der Waals surface area contributed by atoms with Crippen molar-refractivity contribution in [1.82, 2.24) is 20.4 Å². The zero-order chi connectivity index (χ0) is 20.3. The molecule has 0 radical (unpaired) electrons. The summed E-state index contributed by atoms with van der Waals surface area (Å²) >= 11 is 5.76. The van der Waals surface area contributed by atoms with Gasteiger partial charge in [-0.15, -0.1) is 0 Å². The Kier molecular flexibility index (Phi) is 5.71. The van der Waals surface area contributed by atoms with Crippen molar-refractivity contribution in [2.24, 2.45) is 4.99 Å². The molecule has 0 aliphatic rings. The lowest BCUT2D eigenvalue weighted by Gasteiger charge is -2.07. The molecule has 1 aromatic carbocycles. The van der Waals surface area contributed by atoms with E-state index in [1.165, 1.54) is 18.3 Å². The minimum Gasteiger partial charge on any atom is -0.447 e. The summed E-state index contributed by atoms with van der Waals surface area (Å²) < 4.78 is 18.3. The Morgan fingerprint density at radius 2 is 2.18 bits per heavy atom. The first-order valence-electron chi connectivity index (χ1n) is 8.14. The standard InChI is InChI=1S/C17H16ClFN6O3/c1-8(2)28-17(26)24-16-22-13-10(5-6-20-15(13)23-16)14(25-27)21-9-3-4-12(19)11(18)7-9/h3-8,27H,1-2H3,(H,21,25)(H2,20,22,23,24,26). The van der Waals surface area contributed by atoms with Crippen LogP contribution in [-0.2, 0) is 4.74 Å². The van der Waals surface area contributed by atoms with Gasteiger partial charge in [-0.2, -0.15) is 4.98 Å². The van der Waals surface area contributed by atoms with E-state index in [2.05, 4.69) is 25.3 Å². The van der Waals surface area contributed by atoms with Gasteiger partial charge in [-0.3, -0.25) is 16.0 Å². The number of aromatic nitrogens is 3. The normalized spacial score (nSPS) is 11.7. The number of carbonyl (C=O) groups is 1. The van der Waals surface area contributed by atoms with Gasteiger partial charge >= 0.3 is 6.09 Å². The molecule has 0 aliphatic carbocycles. The molecule has 11 heteroatoms. The fraction of sp³-hybridized carbons (Fsp3) is 0.176. The third-order valence-corrected chi connectivity index (χ3v) is 3.75. The highest BCUT2D eigenvalue weighted by Crippen LogP contribution is 2.23. The maximum atomic E-state index is 13.3. The number of pyridine rings is 1. The molecule has 3 rings (SSSR count). The second-order valence-electron chi connectivity index (χ2n) is 5.89. The highest BCUT2D eigenvalue weighted by atomic mass is 35.5. The topological polar surface area (TPSA) is 125 Å². The number of carbonyl (C=O) groups excluding carboxylic acids is 1. The fourth-order valence-corrected chi connectivity index (χ4v) is 2.51. The van der Waals surface area contributed by atoms with Crippen molar-refractivity contribution in [3.63, 3.8) is 0 Å². The van der Waals surface area contributed by atoms with E-state index in [-0.39, 0.29) is 28.6 Å². The predicted octanol–water partition coefficient (Wildman–Crippen LogP) is 3.76. The number of amides is 1. The molecule has 2 heterocycles. The first-order valence-corrected chi connectivity index (χ1v) is 8.51. The van der Waals surface area contributed by atoms with Gasteiger partial charge in [0, 0.05) is 11.8 Å². The van der Waals surface area contributed by atoms with Crippen molar-refractivity contribution >= 4 is 46.3 Å². The number of hydroxylamine groups is 1. The van der Waals surface area contributed by atoms with Crippen LogP contribution in [0, 0.1) is 5.82 Å². The summed E-state index contributed by atoms with van der Waals surface area (Å²) in [7, 11) is 0. The number of fused-ring (bicyclic) bond motifs is 1. The third-order valence-electron chi connectivity index (χ3n) is 3.46. The van der Waals surface area contributed by atoms with E-state index in [4.69, 9.17) is 16.3 Å². The number of ether oxygens (including phenoxy) is 1. The van der Waals surface area contributed by atoms with Crippen LogP contribution in [0.15, 0.2) is 35.5 Å². The van der Waals surface area contributed by atoms with Gasteiger partial charge in [-0.1, -0.05) is 11.6 Å². The second-order valence-corrected chi connectivity index (χ2v) is 6.30. The van der Waals surface area contributed by atoms with Gasteiger partial charge in [-0.05, 0) is 38.1 Å². The van der Waals surface area contributed by atoms with Crippen LogP contribution >= 0.6 is 11.6 Å². The van der Waals surface area contributed by atoms with Gasteiger partial charge in [0.05, 0.1) is 22.3 Å². The number of H-pyrrole nitrogens is 1. The molecule has 9 nitrogen and oxygen atoms in total. The summed E-state index contributed by atoms with van der Waals surface area (Å²) in [5.41, 5.74) is 3.39. The maximum Gasteiger partial charge on any atom is 0.414 e. The third kappa shape index (κ3) is 4.35. The van der Waals surface area contributed by atoms with Crippen LogP contribution in [0.2, 0.25) is 5.02 Å². The lowest BCUT2D eigenvalue weighted by molar-refractivity contribution is 0.130. The van der Waals surface area contributed by atoms with Crippen molar-refractivity contribution < 1.29 is 19.1 Å². The molecule has 0 bridgehead atoms. The minimum atomic E-state index is -0.675. The Morgan fingerprint density at radius 1 is 1.39 bits per heavy atom. The van der Waals surface area contributed by atoms with Crippen LogP contribution in [0.3, 0.4) is 0 Å². The first-order chi connectivity index (χ1) is 13.4. The molecule has 0 unspecified atom stereocenters. The zero-order valence-corrected chi connectivity index (χ0v) is 15.6. The summed E-state index contributed by atoms with van der Waals surface area (Å²) in [4.78, 5) is 27.1. The Hall–Kier alpha value is -3.24. The van der Waals surface area contributed by atoms with Gasteiger partial charge in [0.15, 0.2) is 11.5 Å². The number of hydrogen-bond acceptors (Lipinski definition) is 6. The Bertz CT molecular complexity index is 1050. The van der Waals surface area contributed by atoms with E-state index in [0.717, 1.165) is 6.07 Å². The average molecular weight is 407 g/mol. The van der Waals surface area contributed by atoms with E-state index in [0.29, 0.717) is 16.8 Å². The van der Waals surface area contributed by atoms with E-state index in [1.807, 2.05) is 5.48 Å². The number of nitrogens with one attached hydrogen (secondary N) is 3. The lowest BCUT2D eigenvalue weighted by Crippen LogP contribution is -2.20. The second kappa shape index (κ2) is 8.19. The van der Waals surface area contributed by atoms with Crippen molar-refractivity contribution in [2.75, 3.05) is 5.32 Å². The van der Waals surface area contributed by atoms with Crippen molar-refractivity contribution in [2.45, 2.75) is 20.0 Å². The molecule has 28 heavy (non-hydrogen) atoms. The molecular formula is C17H16ClFN6O3. The molecule has 1 amide bonds. The molecule has 0 spiro atoms. The molecule has 4 N–H and O–H groups in total. The van der Waals surface area contributed by atoms with Gasteiger partial charge in [0.25, 0.3) is 0 Å². The molecule has 0 aliphatic heterocycles. The Labute approximate surface area is 163 Å². The molecule has 2 aromatic heterocycles. The Morgan fingerprint density at radius 3 is 2.86 bits per heavy atom. The average Bonchev–Trinajstić information content (AvgIpc) is 3.04. The molecule has 0 saturated heterocycles. The number of halogens is 2. The van der Waals surface area contributed by atoms with Gasteiger partial charge < -0.3 is 9.72 Å². The highest BCUT2D eigenvalue weighted by molar-refractivity contribution is 6.31. The van der Waals surface area contributed by atoms with Crippen LogP contribution in [0.4, 0.5) is 20.8 Å². The quantitative estimate of drug-likeness (QED) is 0.297. The number of nitrogens with zero attached hydrogens (tertiary/aromatic N) is 3. The summed E-state index contributed by atoms with van der Waals surface area (Å²) in [5.74, 6) is -0.430. The molecule has 0 fully saturated rings. The molecule has 0 atom stereocenters. The van der Waals surface area contributed by atoms with E-state index < -0.39 is 11.9 Å². The lowest BCUT2D eigenvalue weighted by atomic mass is 10.2. The Balaban J connectivity index is 1.97. The monoisotopic (exact) mass is 406 g/mol. The van der Waals surface area contributed by atoms with E-state index in [1.54, 1.807) is 19.9 Å². The number of benzene rings is 1. The minimum absolute atomic E-state index is 0.0371. The van der Waals surface area contributed by atoms with E-state index >= 15 is 0 Å². The number of hydrogen-bond donors (Lipinski definition) is 4. The first kappa shape index (κ1) is 19.5. The van der Waals surface area contributed by atoms with Gasteiger partial charge in [0.1, 0.15) is 5.82 Å². The van der Waals surface area contributed by atoms with Crippen LogP contribution in [0.5, 0.6) is 0 Å².